The SMILES string of the molecule is O=C(F)F.O=S(=O)(F)C(F)(F)C(=C(F)F)C(F)(F)S(=O)(=O)F. The Bertz CT molecular complexity index is 608. The molecule has 0 N–H and O–H groups in total. The van der Waals surface area contributed by atoms with Gasteiger partial charge in [-0.3, -0.25) is 0 Å². The normalized spacial score (nSPS) is 13.0. The van der Waals surface area contributed by atoms with Crippen molar-refractivity contribution >= 4 is 26.7 Å². The third-order valence-electron chi connectivity index (χ3n) is 1.38. The molecule has 132 valence electrons. The van der Waals surface area contributed by atoms with Gasteiger partial charge in [-0.05, 0) is 0 Å². The summed E-state index contributed by atoms with van der Waals surface area (Å²) in [6.45, 7) is 0. The second kappa shape index (κ2) is 6.80. The minimum absolute atomic E-state index is 2.83. The maximum atomic E-state index is 12.5. The molecule has 22 heavy (non-hydrogen) atoms. The highest BCUT2D eigenvalue weighted by molar-refractivity contribution is 7.88. The predicted octanol–water partition coefficient (Wildman–Crippen LogP) is 2.97. The molecule has 0 radical (unpaired) electrons. The van der Waals surface area contributed by atoms with Crippen LogP contribution in [0.2, 0.25) is 0 Å². The molecule has 0 fully saturated rings. The fourth-order valence-electron chi connectivity index (χ4n) is 0.633. The lowest BCUT2D eigenvalue weighted by Gasteiger charge is -2.19. The van der Waals surface area contributed by atoms with Crippen LogP contribution in [0.1, 0.15) is 0 Å². The number of halogens is 10. The van der Waals surface area contributed by atoms with Crippen LogP contribution in [0.3, 0.4) is 0 Å². The van der Waals surface area contributed by atoms with Gasteiger partial charge in [0.1, 0.15) is 0 Å². The average Bonchev–Trinajstić information content (AvgIpc) is 2.09. The molecule has 0 aromatic carbocycles. The van der Waals surface area contributed by atoms with E-state index in [0.29, 0.717) is 0 Å². The molecule has 0 unspecified atom stereocenters. The van der Waals surface area contributed by atoms with E-state index in [1.54, 1.807) is 0 Å². The Kier molecular flexibility index (Phi) is 7.07. The molecule has 0 bridgehead atoms. The van der Waals surface area contributed by atoms with Crippen molar-refractivity contribution in [2.24, 2.45) is 0 Å². The Morgan fingerprint density at radius 1 is 0.682 bits per heavy atom. The number of hydrogen-bond donors (Lipinski definition) is 0. The summed E-state index contributed by atoms with van der Waals surface area (Å²) in [6.07, 6.45) is -7.09. The fourth-order valence-corrected chi connectivity index (χ4v) is 1.60. The number of hydrogen-bond acceptors (Lipinski definition) is 5. The van der Waals surface area contributed by atoms with Crippen LogP contribution in [0.25, 0.3) is 0 Å². The molecule has 0 amide bonds. The van der Waals surface area contributed by atoms with Gasteiger partial charge in [-0.15, -0.1) is 8.78 Å². The highest BCUT2D eigenvalue weighted by atomic mass is 32.3. The summed E-state index contributed by atoms with van der Waals surface area (Å²) in [5.74, 6) is 0. The van der Waals surface area contributed by atoms with Gasteiger partial charge in [0.25, 0.3) is 6.08 Å². The van der Waals surface area contributed by atoms with Gasteiger partial charge in [0.2, 0.25) is 0 Å². The van der Waals surface area contributed by atoms with Crippen LogP contribution in [0.15, 0.2) is 11.7 Å². The van der Waals surface area contributed by atoms with E-state index >= 15 is 0 Å². The molecule has 0 rings (SSSR count). The van der Waals surface area contributed by atoms with E-state index in [-0.39, 0.29) is 0 Å². The molecule has 0 aliphatic carbocycles. The zero-order valence-corrected chi connectivity index (χ0v) is 10.8. The predicted molar refractivity (Wildman–Crippen MR) is 46.8 cm³/mol. The third-order valence-corrected chi connectivity index (χ3v) is 3.02. The Hall–Kier alpha value is -1.39. The van der Waals surface area contributed by atoms with E-state index in [4.69, 9.17) is 4.79 Å². The molecule has 0 atom stereocenters. The summed E-state index contributed by atoms with van der Waals surface area (Å²) in [4.78, 5) is 8.11. The third kappa shape index (κ3) is 5.43. The summed E-state index contributed by atoms with van der Waals surface area (Å²) in [5, 5.41) is -13.2. The molecule has 0 aliphatic rings. The summed E-state index contributed by atoms with van der Waals surface area (Å²) in [7, 11) is -14.7. The number of carbonyl (C=O) groups is 1. The Morgan fingerprint density at radius 3 is 0.955 bits per heavy atom. The first-order valence-corrected chi connectivity index (χ1v) is 6.62. The lowest BCUT2D eigenvalue weighted by atomic mass is 10.3. The van der Waals surface area contributed by atoms with Gasteiger partial charge in [0, 0.05) is 0 Å². The topological polar surface area (TPSA) is 85.3 Å². The number of alkyl halides is 4. The first-order valence-electron chi connectivity index (χ1n) is 3.85. The zero-order valence-electron chi connectivity index (χ0n) is 9.14. The van der Waals surface area contributed by atoms with Crippen molar-refractivity contribution in [1.29, 1.82) is 0 Å². The smallest absolute Gasteiger partial charge is 0.219 e. The van der Waals surface area contributed by atoms with Gasteiger partial charge in [0.05, 0.1) is 0 Å². The lowest BCUT2D eigenvalue weighted by molar-refractivity contribution is 0.0373. The molecule has 5 nitrogen and oxygen atoms in total. The van der Waals surface area contributed by atoms with E-state index in [0.717, 1.165) is 0 Å². The highest BCUT2D eigenvalue weighted by Crippen LogP contribution is 2.46. The van der Waals surface area contributed by atoms with Crippen LogP contribution >= 0.6 is 0 Å². The van der Waals surface area contributed by atoms with Gasteiger partial charge >= 0.3 is 37.2 Å². The van der Waals surface area contributed by atoms with Crippen LogP contribution in [-0.4, -0.2) is 33.6 Å². The van der Waals surface area contributed by atoms with Crippen LogP contribution in [0, 0.1) is 0 Å². The maximum Gasteiger partial charge on any atom is 0.483 e. The first kappa shape index (κ1) is 22.9. The summed E-state index contributed by atoms with van der Waals surface area (Å²) >= 11 is 0. The molecule has 0 aromatic rings. The van der Waals surface area contributed by atoms with Crippen molar-refractivity contribution < 1.29 is 64.5 Å². The Labute approximate surface area is 114 Å². The van der Waals surface area contributed by atoms with Crippen LogP contribution < -0.4 is 0 Å². The van der Waals surface area contributed by atoms with Gasteiger partial charge < -0.3 is 0 Å². The first-order chi connectivity index (χ1) is 9.30. The monoisotopic (exact) mass is 394 g/mol. The van der Waals surface area contributed by atoms with E-state index in [9.17, 15) is 59.7 Å². The molecule has 0 saturated heterocycles. The van der Waals surface area contributed by atoms with Gasteiger partial charge in [0.15, 0.2) is 5.57 Å². The maximum absolute atomic E-state index is 12.5. The van der Waals surface area contributed by atoms with E-state index in [1.165, 1.54) is 0 Å². The minimum atomic E-state index is -7.37. The second-order valence-electron chi connectivity index (χ2n) is 2.77. The number of rotatable bonds is 4. The van der Waals surface area contributed by atoms with E-state index in [1.807, 2.05) is 0 Å². The Balaban J connectivity index is 0. The van der Waals surface area contributed by atoms with Gasteiger partial charge in [-0.25, -0.2) is 4.79 Å². The standard InChI is InChI=1S/C4F8O4S2.CF2O/c5-2(6)1(3(7,8)17(11,13)14)4(9,10)18(12,15)16;2-1(3)4. The van der Waals surface area contributed by atoms with E-state index in [2.05, 4.69) is 0 Å². The zero-order chi connectivity index (χ0) is 18.7. The van der Waals surface area contributed by atoms with Crippen molar-refractivity contribution in [3.8, 4) is 0 Å². The lowest BCUT2D eigenvalue weighted by Crippen LogP contribution is -2.41. The average molecular weight is 394 g/mol. The minimum Gasteiger partial charge on any atom is -0.219 e. The van der Waals surface area contributed by atoms with Crippen LogP contribution in [0.4, 0.5) is 47.7 Å². The van der Waals surface area contributed by atoms with Gasteiger partial charge in [-0.1, -0.05) is 7.77 Å². The molecular weight excluding hydrogens is 394 g/mol. The van der Waals surface area contributed by atoms with Crippen molar-refractivity contribution in [3.63, 3.8) is 0 Å². The second-order valence-corrected chi connectivity index (χ2v) is 5.55. The summed E-state index contributed by atoms with van der Waals surface area (Å²) in [5.41, 5.74) is -4.31. The summed E-state index contributed by atoms with van der Waals surface area (Å²) in [6, 6.07) is 0. The molecule has 0 aliphatic heterocycles. The molecule has 0 spiro atoms. The highest BCUT2D eigenvalue weighted by Gasteiger charge is 2.67. The van der Waals surface area contributed by atoms with Crippen molar-refractivity contribution in [1.82, 2.24) is 0 Å². The molecule has 0 saturated carbocycles. The van der Waals surface area contributed by atoms with Crippen LogP contribution in [-0.2, 0) is 20.4 Å². The molecule has 0 heterocycles. The van der Waals surface area contributed by atoms with Crippen molar-refractivity contribution in [3.05, 3.63) is 11.7 Å². The largest absolute Gasteiger partial charge is 0.483 e. The fraction of sp³-hybridized carbons (Fsp3) is 0.400. The van der Waals surface area contributed by atoms with Crippen molar-refractivity contribution in [2.75, 3.05) is 0 Å². The van der Waals surface area contributed by atoms with Gasteiger partial charge in [-0.2, -0.15) is 43.2 Å². The quantitative estimate of drug-likeness (QED) is 0.541. The molecule has 17 heteroatoms. The molecule has 0 aromatic heterocycles. The molecular formula is C5F10O5S2. The summed E-state index contributed by atoms with van der Waals surface area (Å²) < 4.78 is 156. The van der Waals surface area contributed by atoms with E-state index < -0.39 is 48.9 Å². The Morgan fingerprint density at radius 2 is 0.864 bits per heavy atom. The van der Waals surface area contributed by atoms with Crippen molar-refractivity contribution in [2.45, 2.75) is 10.5 Å². The van der Waals surface area contributed by atoms with Crippen LogP contribution in [0.5, 0.6) is 0 Å². The number of carbonyl (C=O) groups excluding carboxylic acids is 1.